The second kappa shape index (κ2) is 8.86. The van der Waals surface area contributed by atoms with Crippen LogP contribution in [0.2, 0.25) is 6.55 Å². The molecule has 37 heavy (non-hydrogen) atoms. The first-order valence-electron chi connectivity index (χ1n) is 12.9. The van der Waals surface area contributed by atoms with Gasteiger partial charge in [-0.1, -0.05) is 112 Å². The molecule has 0 radical (unpaired) electrons. The molecule has 0 unspecified atom stereocenters. The lowest BCUT2D eigenvalue weighted by Crippen LogP contribution is -2.64. The van der Waals surface area contributed by atoms with Gasteiger partial charge in [0.25, 0.3) is 0 Å². The lowest BCUT2D eigenvalue weighted by atomic mass is 9.82. The van der Waals surface area contributed by atoms with Crippen LogP contribution in [0.15, 0.2) is 120 Å². The second-order valence-electron chi connectivity index (χ2n) is 11.0. The quantitative estimate of drug-likeness (QED) is 0.244. The van der Waals surface area contributed by atoms with Gasteiger partial charge < -0.3 is 4.42 Å². The number of rotatable bonds is 4. The third kappa shape index (κ3) is 4.00. The molecule has 0 bridgehead atoms. The van der Waals surface area contributed by atoms with Crippen molar-refractivity contribution in [2.75, 3.05) is 0 Å². The fraction of sp³-hybridized carbons (Fsp3) is 0.147. The molecular weight excluding hydrogens is 466 g/mol. The van der Waals surface area contributed by atoms with E-state index in [1.165, 1.54) is 26.7 Å². The van der Waals surface area contributed by atoms with Gasteiger partial charge in [-0.25, -0.2) is 0 Å². The second-order valence-corrected chi connectivity index (χ2v) is 14.9. The van der Waals surface area contributed by atoms with Gasteiger partial charge in [0, 0.05) is 17.1 Å². The average molecular weight is 498 g/mol. The molecule has 0 saturated heterocycles. The summed E-state index contributed by atoms with van der Waals surface area (Å²) in [5, 5.41) is 7.32. The minimum Gasteiger partial charge on any atom is -0.463 e. The zero-order valence-electron chi connectivity index (χ0n) is 21.8. The predicted octanol–water partition coefficient (Wildman–Crippen LogP) is 7.05. The van der Waals surface area contributed by atoms with Crippen molar-refractivity contribution in [2.24, 2.45) is 0 Å². The van der Waals surface area contributed by atoms with E-state index in [1.54, 1.807) is 0 Å². The predicted molar refractivity (Wildman–Crippen MR) is 159 cm³/mol. The van der Waals surface area contributed by atoms with Crippen LogP contribution in [0, 0.1) is 0 Å². The van der Waals surface area contributed by atoms with E-state index < -0.39 is 8.07 Å². The molecular formula is C34H31NOSi. The number of nitrogens with zero attached hydrogens (tertiary/aromatic N) is 1. The molecule has 0 amide bonds. The Morgan fingerprint density at radius 1 is 0.676 bits per heavy atom. The topological polar surface area (TPSA) is 26.0 Å². The van der Waals surface area contributed by atoms with E-state index in [-0.39, 0.29) is 5.41 Å². The van der Waals surface area contributed by atoms with Crippen LogP contribution in [-0.4, -0.2) is 13.1 Å². The Labute approximate surface area is 219 Å². The molecule has 0 saturated carbocycles. The van der Waals surface area contributed by atoms with Crippen molar-refractivity contribution in [2.45, 2.75) is 32.7 Å². The van der Waals surface area contributed by atoms with Crippen molar-refractivity contribution in [3.63, 3.8) is 0 Å². The summed E-state index contributed by atoms with van der Waals surface area (Å²) in [7, 11) is -2.36. The van der Waals surface area contributed by atoms with Gasteiger partial charge in [-0.2, -0.15) is 0 Å². The van der Waals surface area contributed by atoms with Crippen LogP contribution in [0.5, 0.6) is 0 Å². The summed E-state index contributed by atoms with van der Waals surface area (Å²) in [4.78, 5) is 4.87. The van der Waals surface area contributed by atoms with E-state index in [9.17, 15) is 0 Å². The maximum absolute atomic E-state index is 6.86. The number of furan rings is 1. The smallest absolute Gasteiger partial charge is 0.190 e. The average Bonchev–Trinajstić information content (AvgIpc) is 3.37. The van der Waals surface area contributed by atoms with Crippen LogP contribution >= 0.6 is 0 Å². The van der Waals surface area contributed by atoms with Gasteiger partial charge >= 0.3 is 0 Å². The normalized spacial score (nSPS) is 12.3. The molecule has 182 valence electrons. The number of benzene rings is 4. The molecule has 6 rings (SSSR count). The molecule has 0 spiro atoms. The maximum atomic E-state index is 6.86. The van der Waals surface area contributed by atoms with Gasteiger partial charge in [-0.05, 0) is 56.4 Å². The Bertz CT molecular complexity index is 1670. The Morgan fingerprint density at radius 3 is 1.95 bits per heavy atom. The molecule has 0 atom stereocenters. The van der Waals surface area contributed by atoms with Crippen molar-refractivity contribution in [1.29, 1.82) is 0 Å². The molecule has 2 nitrogen and oxygen atoms in total. The van der Waals surface area contributed by atoms with Crippen LogP contribution in [0.3, 0.4) is 0 Å². The lowest BCUT2D eigenvalue weighted by Gasteiger charge is -2.26. The Balaban J connectivity index is 1.59. The lowest BCUT2D eigenvalue weighted by molar-refractivity contribution is 0.596. The van der Waals surface area contributed by atoms with E-state index in [2.05, 4.69) is 137 Å². The highest BCUT2D eigenvalue weighted by Gasteiger charge is 2.38. The SMILES string of the molecule is CC(C)(C)c1cc(-c2nccc3cc([Si](C)(c4ccccc4)c4ccccc4)oc23)cc2ccccc12. The minimum atomic E-state index is -2.36. The molecule has 4 aromatic carbocycles. The fourth-order valence-electron chi connectivity index (χ4n) is 5.48. The standard InChI is InChI=1S/C34H31NOSi/c1-34(2,3)30-22-26(21-24-13-11-12-18-29(24)30)32-33-25(19-20-35-32)23-31(36-33)37(4,27-14-7-5-8-15-27)28-16-9-6-10-17-28/h5-23H,1-4H3. The summed E-state index contributed by atoms with van der Waals surface area (Å²) >= 11 is 0. The maximum Gasteiger partial charge on any atom is 0.190 e. The number of hydrogen-bond acceptors (Lipinski definition) is 2. The zero-order chi connectivity index (χ0) is 25.6. The Hall–Kier alpha value is -3.95. The van der Waals surface area contributed by atoms with Crippen molar-refractivity contribution in [3.05, 3.63) is 121 Å². The summed E-state index contributed by atoms with van der Waals surface area (Å²) in [6.45, 7) is 9.20. The van der Waals surface area contributed by atoms with Gasteiger partial charge in [0.15, 0.2) is 13.7 Å². The van der Waals surface area contributed by atoms with Crippen LogP contribution in [-0.2, 0) is 5.41 Å². The first kappa shape index (κ1) is 23.4. The van der Waals surface area contributed by atoms with E-state index >= 15 is 0 Å². The van der Waals surface area contributed by atoms with Crippen molar-refractivity contribution in [1.82, 2.24) is 4.98 Å². The summed E-state index contributed by atoms with van der Waals surface area (Å²) in [5.74, 6) is 0. The van der Waals surface area contributed by atoms with Gasteiger partial charge in [0.2, 0.25) is 0 Å². The molecule has 0 fully saturated rings. The highest BCUT2D eigenvalue weighted by Crippen LogP contribution is 2.36. The van der Waals surface area contributed by atoms with E-state index in [0.29, 0.717) is 0 Å². The molecule has 3 heteroatoms. The number of fused-ring (bicyclic) bond motifs is 2. The van der Waals surface area contributed by atoms with E-state index in [4.69, 9.17) is 9.40 Å². The van der Waals surface area contributed by atoms with Crippen molar-refractivity contribution < 1.29 is 4.42 Å². The van der Waals surface area contributed by atoms with Crippen LogP contribution in [0.4, 0.5) is 0 Å². The van der Waals surface area contributed by atoms with E-state index in [0.717, 1.165) is 27.6 Å². The molecule has 0 aliphatic carbocycles. The molecule has 2 aromatic heterocycles. The fourth-order valence-corrected chi connectivity index (χ4v) is 8.85. The monoisotopic (exact) mass is 497 g/mol. The Morgan fingerprint density at radius 2 is 1.30 bits per heavy atom. The van der Waals surface area contributed by atoms with Gasteiger partial charge in [-0.15, -0.1) is 0 Å². The third-order valence-electron chi connectivity index (χ3n) is 7.57. The molecule has 0 aliphatic heterocycles. The van der Waals surface area contributed by atoms with Gasteiger partial charge in [0.05, 0.1) is 5.38 Å². The first-order chi connectivity index (χ1) is 17.9. The molecule has 2 heterocycles. The first-order valence-corrected chi connectivity index (χ1v) is 15.4. The molecule has 0 aliphatic rings. The zero-order valence-corrected chi connectivity index (χ0v) is 22.8. The number of hydrogen-bond donors (Lipinski definition) is 0. The molecule has 0 N–H and O–H groups in total. The highest BCUT2D eigenvalue weighted by molar-refractivity contribution is 7.10. The summed E-state index contributed by atoms with van der Waals surface area (Å²) in [5.41, 5.74) is 4.18. The van der Waals surface area contributed by atoms with Crippen LogP contribution in [0.1, 0.15) is 26.3 Å². The number of aromatic nitrogens is 1. The molecule has 6 aromatic rings. The summed E-state index contributed by atoms with van der Waals surface area (Å²) < 4.78 is 6.86. The van der Waals surface area contributed by atoms with Gasteiger partial charge in [0.1, 0.15) is 5.69 Å². The van der Waals surface area contributed by atoms with Crippen LogP contribution < -0.4 is 15.8 Å². The van der Waals surface area contributed by atoms with Crippen LogP contribution in [0.25, 0.3) is 33.0 Å². The summed E-state index contributed by atoms with van der Waals surface area (Å²) in [6, 6.07) is 39.1. The third-order valence-corrected chi connectivity index (χ3v) is 11.8. The highest BCUT2D eigenvalue weighted by atomic mass is 28.3. The van der Waals surface area contributed by atoms with Crippen molar-refractivity contribution in [3.8, 4) is 11.3 Å². The summed E-state index contributed by atoms with van der Waals surface area (Å²) in [6.07, 6.45) is 1.91. The largest absolute Gasteiger partial charge is 0.463 e. The number of pyridine rings is 1. The van der Waals surface area contributed by atoms with Gasteiger partial charge in [-0.3, -0.25) is 4.98 Å². The van der Waals surface area contributed by atoms with E-state index in [1.807, 2.05) is 6.20 Å². The van der Waals surface area contributed by atoms with Crippen molar-refractivity contribution >= 4 is 45.6 Å². The Kier molecular flexibility index (Phi) is 5.61. The minimum absolute atomic E-state index is 0.00391.